The number of rotatable bonds is 7. The highest BCUT2D eigenvalue weighted by Crippen LogP contribution is 2.21. The molecular formula is C23H21ClN4O3. The molecule has 0 atom stereocenters. The van der Waals surface area contributed by atoms with E-state index in [9.17, 15) is 14.4 Å². The maximum atomic E-state index is 12.8. The number of anilines is 3. The van der Waals surface area contributed by atoms with Gasteiger partial charge in [-0.2, -0.15) is 0 Å². The second-order valence-corrected chi connectivity index (χ2v) is 7.39. The molecule has 31 heavy (non-hydrogen) atoms. The average Bonchev–Trinajstić information content (AvgIpc) is 2.75. The van der Waals surface area contributed by atoms with Gasteiger partial charge >= 0.3 is 0 Å². The van der Waals surface area contributed by atoms with Gasteiger partial charge in [0.1, 0.15) is 11.6 Å². The van der Waals surface area contributed by atoms with Gasteiger partial charge in [0, 0.05) is 17.4 Å². The Kier molecular flexibility index (Phi) is 6.99. The summed E-state index contributed by atoms with van der Waals surface area (Å²) in [6.45, 7) is 3.57. The Bertz CT molecular complexity index is 1110. The molecule has 0 aliphatic carbocycles. The van der Waals surface area contributed by atoms with Crippen LogP contribution in [-0.4, -0.2) is 29.1 Å². The molecule has 0 saturated carbocycles. The quantitative estimate of drug-likeness (QED) is 0.504. The van der Waals surface area contributed by atoms with Gasteiger partial charge in [0.05, 0.1) is 22.8 Å². The summed E-state index contributed by atoms with van der Waals surface area (Å²) in [6, 6.07) is 15.1. The van der Waals surface area contributed by atoms with Gasteiger partial charge in [0.2, 0.25) is 0 Å². The van der Waals surface area contributed by atoms with Crippen LogP contribution in [0.2, 0.25) is 5.02 Å². The maximum Gasteiger partial charge on any atom is 0.258 e. The van der Waals surface area contributed by atoms with Crippen molar-refractivity contribution in [2.24, 2.45) is 0 Å². The highest BCUT2D eigenvalue weighted by Gasteiger charge is 2.16. The van der Waals surface area contributed by atoms with Crippen molar-refractivity contribution in [1.29, 1.82) is 0 Å². The Balaban J connectivity index is 1.75. The zero-order valence-corrected chi connectivity index (χ0v) is 17.8. The zero-order chi connectivity index (χ0) is 22.4. The van der Waals surface area contributed by atoms with Gasteiger partial charge in [0.25, 0.3) is 11.8 Å². The van der Waals surface area contributed by atoms with Gasteiger partial charge in [0.15, 0.2) is 0 Å². The second-order valence-electron chi connectivity index (χ2n) is 6.95. The van der Waals surface area contributed by atoms with Crippen molar-refractivity contribution in [3.63, 3.8) is 0 Å². The molecule has 0 saturated heterocycles. The van der Waals surface area contributed by atoms with Crippen molar-refractivity contribution in [1.82, 2.24) is 4.98 Å². The second kappa shape index (κ2) is 9.86. The number of hydrogen-bond donors (Lipinski definition) is 3. The minimum Gasteiger partial charge on any atom is -0.378 e. The van der Waals surface area contributed by atoms with E-state index in [0.717, 1.165) is 11.3 Å². The fourth-order valence-corrected chi connectivity index (χ4v) is 2.86. The number of nitrogens with zero attached hydrogens (tertiary/aromatic N) is 1. The number of carbonyl (C=O) groups is 3. The molecule has 1 aromatic heterocycles. The topological polar surface area (TPSA) is 100 Å². The molecule has 1 heterocycles. The summed E-state index contributed by atoms with van der Waals surface area (Å²) in [5, 5.41) is 8.92. The minimum absolute atomic E-state index is 0.0146. The van der Waals surface area contributed by atoms with Gasteiger partial charge in [-0.1, -0.05) is 23.2 Å². The van der Waals surface area contributed by atoms with E-state index in [0.29, 0.717) is 27.7 Å². The number of benzene rings is 2. The Morgan fingerprint density at radius 2 is 1.68 bits per heavy atom. The lowest BCUT2D eigenvalue weighted by atomic mass is 10.1. The standard InChI is InChI=1S/C23H21ClN4O3/c1-14-3-9-20(19(11-14)23(31)28-21-10-6-17(24)13-26-21)27-22(30)16-4-7-18(8-5-16)25-12-15(2)29/h3-11,13,25H,12H2,1-2H3,(H,27,30)(H,26,28,31). The predicted octanol–water partition coefficient (Wildman–Crippen LogP) is 4.55. The molecule has 0 unspecified atom stereocenters. The molecular weight excluding hydrogens is 416 g/mol. The maximum absolute atomic E-state index is 12.8. The number of hydrogen-bond acceptors (Lipinski definition) is 5. The lowest BCUT2D eigenvalue weighted by molar-refractivity contribution is -0.115. The van der Waals surface area contributed by atoms with Gasteiger partial charge in [-0.3, -0.25) is 14.4 Å². The molecule has 0 fully saturated rings. The van der Waals surface area contributed by atoms with E-state index in [2.05, 4.69) is 20.9 Å². The molecule has 0 radical (unpaired) electrons. The summed E-state index contributed by atoms with van der Waals surface area (Å²) >= 11 is 5.83. The first-order valence-corrected chi connectivity index (χ1v) is 9.88. The highest BCUT2D eigenvalue weighted by molar-refractivity contribution is 6.30. The SMILES string of the molecule is CC(=O)CNc1ccc(C(=O)Nc2ccc(C)cc2C(=O)Nc2ccc(Cl)cn2)cc1. The van der Waals surface area contributed by atoms with E-state index in [-0.39, 0.29) is 18.2 Å². The number of ketones is 1. The molecule has 3 rings (SSSR count). The van der Waals surface area contributed by atoms with Crippen molar-refractivity contribution in [2.75, 3.05) is 22.5 Å². The van der Waals surface area contributed by atoms with E-state index in [1.54, 1.807) is 48.5 Å². The average molecular weight is 437 g/mol. The van der Waals surface area contributed by atoms with Crippen molar-refractivity contribution in [2.45, 2.75) is 13.8 Å². The van der Waals surface area contributed by atoms with E-state index >= 15 is 0 Å². The number of pyridine rings is 1. The van der Waals surface area contributed by atoms with Gasteiger partial charge in [-0.25, -0.2) is 4.98 Å². The first-order chi connectivity index (χ1) is 14.8. The summed E-state index contributed by atoms with van der Waals surface area (Å²) in [6.07, 6.45) is 1.44. The lowest BCUT2D eigenvalue weighted by Crippen LogP contribution is -2.19. The zero-order valence-electron chi connectivity index (χ0n) is 17.0. The number of halogens is 1. The summed E-state index contributed by atoms with van der Waals surface area (Å²) in [5.41, 5.74) is 2.70. The van der Waals surface area contributed by atoms with E-state index in [4.69, 9.17) is 11.6 Å². The molecule has 0 bridgehead atoms. The largest absolute Gasteiger partial charge is 0.378 e. The Hall–Kier alpha value is -3.71. The third-order valence-electron chi connectivity index (χ3n) is 4.33. The molecule has 2 amide bonds. The van der Waals surface area contributed by atoms with Crippen LogP contribution in [0.5, 0.6) is 0 Å². The molecule has 2 aromatic carbocycles. The molecule has 3 N–H and O–H groups in total. The number of carbonyl (C=O) groups excluding carboxylic acids is 3. The van der Waals surface area contributed by atoms with Crippen LogP contribution >= 0.6 is 11.6 Å². The third-order valence-corrected chi connectivity index (χ3v) is 4.55. The van der Waals surface area contributed by atoms with Crippen molar-refractivity contribution >= 4 is 46.4 Å². The number of aryl methyl sites for hydroxylation is 1. The van der Waals surface area contributed by atoms with Crippen LogP contribution in [0, 0.1) is 6.92 Å². The highest BCUT2D eigenvalue weighted by atomic mass is 35.5. The van der Waals surface area contributed by atoms with Gasteiger partial charge in [-0.05, 0) is 62.4 Å². The fourth-order valence-electron chi connectivity index (χ4n) is 2.75. The fraction of sp³-hybridized carbons (Fsp3) is 0.130. The van der Waals surface area contributed by atoms with Crippen LogP contribution in [0.1, 0.15) is 33.2 Å². The summed E-state index contributed by atoms with van der Waals surface area (Å²) in [5.74, 6) is -0.402. The Labute approximate surface area is 184 Å². The first kappa shape index (κ1) is 22.0. The molecule has 0 spiro atoms. The summed E-state index contributed by atoms with van der Waals surface area (Å²) in [7, 11) is 0. The van der Waals surface area contributed by atoms with Crippen LogP contribution in [0.4, 0.5) is 17.2 Å². The third kappa shape index (κ3) is 6.13. The van der Waals surface area contributed by atoms with Crippen molar-refractivity contribution in [3.05, 3.63) is 82.5 Å². The molecule has 8 heteroatoms. The lowest BCUT2D eigenvalue weighted by Gasteiger charge is -2.13. The predicted molar refractivity (Wildman–Crippen MR) is 122 cm³/mol. The van der Waals surface area contributed by atoms with Crippen LogP contribution in [0.25, 0.3) is 0 Å². The van der Waals surface area contributed by atoms with Crippen LogP contribution in [0.15, 0.2) is 60.8 Å². The smallest absolute Gasteiger partial charge is 0.258 e. The van der Waals surface area contributed by atoms with Crippen molar-refractivity contribution < 1.29 is 14.4 Å². The number of nitrogens with one attached hydrogen (secondary N) is 3. The number of aromatic nitrogens is 1. The van der Waals surface area contributed by atoms with E-state index in [1.165, 1.54) is 13.1 Å². The summed E-state index contributed by atoms with van der Waals surface area (Å²) in [4.78, 5) is 40.6. The Morgan fingerprint density at radius 3 is 2.32 bits per heavy atom. The van der Waals surface area contributed by atoms with Gasteiger partial charge < -0.3 is 16.0 Å². The Morgan fingerprint density at radius 1 is 0.935 bits per heavy atom. The number of amides is 2. The van der Waals surface area contributed by atoms with Crippen LogP contribution < -0.4 is 16.0 Å². The molecule has 3 aromatic rings. The van der Waals surface area contributed by atoms with Crippen LogP contribution in [-0.2, 0) is 4.79 Å². The number of Topliss-reactive ketones (excluding diaryl/α,β-unsaturated/α-hetero) is 1. The molecule has 0 aliphatic heterocycles. The van der Waals surface area contributed by atoms with Gasteiger partial charge in [-0.15, -0.1) is 0 Å². The first-order valence-electron chi connectivity index (χ1n) is 9.50. The van der Waals surface area contributed by atoms with E-state index in [1.807, 2.05) is 13.0 Å². The molecule has 7 nitrogen and oxygen atoms in total. The van der Waals surface area contributed by atoms with Crippen molar-refractivity contribution in [3.8, 4) is 0 Å². The normalized spacial score (nSPS) is 10.3. The monoisotopic (exact) mass is 436 g/mol. The van der Waals surface area contributed by atoms with E-state index < -0.39 is 5.91 Å². The molecule has 0 aliphatic rings. The molecule has 158 valence electrons. The summed E-state index contributed by atoms with van der Waals surface area (Å²) < 4.78 is 0. The minimum atomic E-state index is -0.405. The van der Waals surface area contributed by atoms with Crippen LogP contribution in [0.3, 0.4) is 0 Å².